The largest absolute Gasteiger partial charge is 0.398 e. The molecule has 0 saturated carbocycles. The predicted molar refractivity (Wildman–Crippen MR) is 86.1 cm³/mol. The zero-order chi connectivity index (χ0) is 15.6. The molecule has 1 unspecified atom stereocenters. The normalized spacial score (nSPS) is 13.1. The lowest BCUT2D eigenvalue weighted by Crippen LogP contribution is -2.10. The van der Waals surface area contributed by atoms with Crippen molar-refractivity contribution in [3.63, 3.8) is 0 Å². The number of hydrogen-bond acceptors (Lipinski definition) is 2. The summed E-state index contributed by atoms with van der Waals surface area (Å²) in [4.78, 5) is 0.483. The Morgan fingerprint density at radius 2 is 1.71 bits per heavy atom. The van der Waals surface area contributed by atoms with Crippen LogP contribution in [0, 0.1) is 5.82 Å². The first-order chi connectivity index (χ1) is 9.77. The quantitative estimate of drug-likeness (QED) is 0.871. The Balaban J connectivity index is 2.16. The molecule has 0 bridgehead atoms. The maximum Gasteiger partial charge on any atom is 0.125 e. The second-order valence-corrected chi connectivity index (χ2v) is 7.54. The van der Waals surface area contributed by atoms with E-state index < -0.39 is 16.6 Å². The van der Waals surface area contributed by atoms with Gasteiger partial charge in [-0.3, -0.25) is 4.21 Å². The zero-order valence-corrected chi connectivity index (χ0v) is 13.3. The van der Waals surface area contributed by atoms with Crippen molar-refractivity contribution in [3.8, 4) is 0 Å². The molecule has 2 nitrogen and oxygen atoms in total. The van der Waals surface area contributed by atoms with E-state index in [1.165, 1.54) is 23.8 Å². The highest BCUT2D eigenvalue weighted by Crippen LogP contribution is 2.24. The summed E-state index contributed by atoms with van der Waals surface area (Å²) in [6.45, 7) is 6.46. The molecule has 1 atom stereocenters. The fourth-order valence-electron chi connectivity index (χ4n) is 2.06. The molecule has 112 valence electrons. The molecule has 2 rings (SSSR count). The molecule has 0 aliphatic carbocycles. The number of benzene rings is 2. The van der Waals surface area contributed by atoms with E-state index in [-0.39, 0.29) is 11.1 Å². The standard InChI is InChI=1S/C17H20FNOS/c1-17(2,3)13-6-4-12(5-7-13)11-21(20)16-9-8-14(18)10-15(16)19/h4-10H,11,19H2,1-3H3. The Labute approximate surface area is 127 Å². The number of halogens is 1. The monoisotopic (exact) mass is 305 g/mol. The van der Waals surface area contributed by atoms with Gasteiger partial charge in [-0.15, -0.1) is 0 Å². The Morgan fingerprint density at radius 1 is 1.10 bits per heavy atom. The van der Waals surface area contributed by atoms with Gasteiger partial charge in [0.15, 0.2) is 0 Å². The fraction of sp³-hybridized carbons (Fsp3) is 0.294. The molecule has 0 saturated heterocycles. The molecule has 2 aromatic rings. The molecule has 0 aliphatic rings. The summed E-state index contributed by atoms with van der Waals surface area (Å²) in [5, 5.41) is 0. The van der Waals surface area contributed by atoms with E-state index in [1.807, 2.05) is 12.1 Å². The van der Waals surface area contributed by atoms with Gasteiger partial charge in [-0.2, -0.15) is 0 Å². The van der Waals surface area contributed by atoms with Crippen LogP contribution in [0.25, 0.3) is 0 Å². The Hall–Kier alpha value is -1.68. The summed E-state index contributed by atoms with van der Waals surface area (Å²) >= 11 is 0. The summed E-state index contributed by atoms with van der Waals surface area (Å²) in [6, 6.07) is 12.1. The van der Waals surface area contributed by atoms with E-state index in [4.69, 9.17) is 5.73 Å². The van der Waals surface area contributed by atoms with E-state index in [2.05, 4.69) is 32.9 Å². The first-order valence-electron chi connectivity index (χ1n) is 6.80. The Morgan fingerprint density at radius 3 is 2.24 bits per heavy atom. The van der Waals surface area contributed by atoms with Crippen molar-refractivity contribution >= 4 is 16.5 Å². The lowest BCUT2D eigenvalue weighted by atomic mass is 9.87. The molecule has 0 amide bonds. The zero-order valence-electron chi connectivity index (χ0n) is 12.5. The lowest BCUT2D eigenvalue weighted by Gasteiger charge is -2.19. The average molecular weight is 305 g/mol. The summed E-state index contributed by atoms with van der Waals surface area (Å²) < 4.78 is 25.4. The average Bonchev–Trinajstić information content (AvgIpc) is 2.38. The first kappa shape index (κ1) is 15.7. The number of hydrogen-bond donors (Lipinski definition) is 1. The lowest BCUT2D eigenvalue weighted by molar-refractivity contribution is 0.590. The highest BCUT2D eigenvalue weighted by molar-refractivity contribution is 7.84. The first-order valence-corrected chi connectivity index (χ1v) is 8.12. The number of rotatable bonds is 3. The number of nitrogen functional groups attached to an aromatic ring is 1. The van der Waals surface area contributed by atoms with Crippen molar-refractivity contribution in [1.82, 2.24) is 0 Å². The van der Waals surface area contributed by atoms with Crippen LogP contribution in [0.2, 0.25) is 0 Å². The van der Waals surface area contributed by atoms with Crippen LogP contribution < -0.4 is 5.73 Å². The molecule has 4 heteroatoms. The summed E-state index contributed by atoms with van der Waals surface area (Å²) in [5.41, 5.74) is 8.27. The van der Waals surface area contributed by atoms with Gasteiger partial charge in [-0.25, -0.2) is 4.39 Å². The highest BCUT2D eigenvalue weighted by atomic mass is 32.2. The third-order valence-corrected chi connectivity index (χ3v) is 4.79. The van der Waals surface area contributed by atoms with Crippen LogP contribution in [0.5, 0.6) is 0 Å². The van der Waals surface area contributed by atoms with Gasteiger partial charge in [-0.05, 0) is 34.7 Å². The molecule has 0 spiro atoms. The minimum Gasteiger partial charge on any atom is -0.398 e. The van der Waals surface area contributed by atoms with Gasteiger partial charge in [0.25, 0.3) is 0 Å². The Bertz CT molecular complexity index is 659. The third kappa shape index (κ3) is 3.91. The molecular weight excluding hydrogens is 285 g/mol. The van der Waals surface area contributed by atoms with Crippen LogP contribution in [0.4, 0.5) is 10.1 Å². The second-order valence-electron chi connectivity index (χ2n) is 6.12. The highest BCUT2D eigenvalue weighted by Gasteiger charge is 2.14. The van der Waals surface area contributed by atoms with Gasteiger partial charge in [0.2, 0.25) is 0 Å². The molecule has 21 heavy (non-hydrogen) atoms. The fourth-order valence-corrected chi connectivity index (χ4v) is 3.25. The van der Waals surface area contributed by atoms with Crippen molar-refractivity contribution in [2.45, 2.75) is 36.8 Å². The van der Waals surface area contributed by atoms with Crippen molar-refractivity contribution in [1.29, 1.82) is 0 Å². The molecule has 0 fully saturated rings. The number of nitrogens with two attached hydrogens (primary N) is 1. The van der Waals surface area contributed by atoms with E-state index in [0.29, 0.717) is 10.6 Å². The van der Waals surface area contributed by atoms with E-state index >= 15 is 0 Å². The SMILES string of the molecule is CC(C)(C)c1ccc(CS(=O)c2ccc(F)cc2N)cc1. The smallest absolute Gasteiger partial charge is 0.125 e. The predicted octanol–water partition coefficient (Wildman–Crippen LogP) is 4.01. The maximum absolute atomic E-state index is 13.0. The molecular formula is C17H20FNOS. The van der Waals surface area contributed by atoms with Crippen LogP contribution >= 0.6 is 0 Å². The molecule has 0 aromatic heterocycles. The van der Waals surface area contributed by atoms with Gasteiger partial charge in [0.1, 0.15) is 5.82 Å². The minimum absolute atomic E-state index is 0.0963. The van der Waals surface area contributed by atoms with Gasteiger partial charge in [-0.1, -0.05) is 45.0 Å². The van der Waals surface area contributed by atoms with Crippen LogP contribution in [0.15, 0.2) is 47.4 Å². The van der Waals surface area contributed by atoms with Gasteiger partial charge in [0.05, 0.1) is 27.1 Å². The second kappa shape index (κ2) is 5.98. The van der Waals surface area contributed by atoms with Crippen molar-refractivity contribution in [2.24, 2.45) is 0 Å². The Kier molecular flexibility index (Phi) is 4.47. The minimum atomic E-state index is -1.27. The van der Waals surface area contributed by atoms with Crippen molar-refractivity contribution in [2.75, 3.05) is 5.73 Å². The van der Waals surface area contributed by atoms with Crippen LogP contribution in [0.1, 0.15) is 31.9 Å². The maximum atomic E-state index is 13.0. The molecule has 2 N–H and O–H groups in total. The van der Waals surface area contributed by atoms with Crippen LogP contribution in [-0.4, -0.2) is 4.21 Å². The van der Waals surface area contributed by atoms with Crippen molar-refractivity contribution < 1.29 is 8.60 Å². The number of anilines is 1. The summed E-state index contributed by atoms with van der Waals surface area (Å²) in [5.74, 6) is -0.0388. The van der Waals surface area contributed by atoms with Gasteiger partial charge >= 0.3 is 0 Å². The van der Waals surface area contributed by atoms with Crippen LogP contribution in [0.3, 0.4) is 0 Å². The van der Waals surface area contributed by atoms with Crippen LogP contribution in [-0.2, 0) is 22.0 Å². The molecule has 2 aromatic carbocycles. The van der Waals surface area contributed by atoms with Crippen molar-refractivity contribution in [3.05, 3.63) is 59.4 Å². The molecule has 0 heterocycles. The summed E-state index contributed by atoms with van der Waals surface area (Å²) in [7, 11) is -1.27. The molecule has 0 radical (unpaired) electrons. The summed E-state index contributed by atoms with van der Waals surface area (Å²) in [6.07, 6.45) is 0. The third-order valence-electron chi connectivity index (χ3n) is 3.33. The van der Waals surface area contributed by atoms with E-state index in [9.17, 15) is 8.60 Å². The molecule has 0 aliphatic heterocycles. The van der Waals surface area contributed by atoms with E-state index in [1.54, 1.807) is 0 Å². The topological polar surface area (TPSA) is 43.1 Å². The van der Waals surface area contributed by atoms with Gasteiger partial charge in [0, 0.05) is 0 Å². The van der Waals surface area contributed by atoms with Gasteiger partial charge < -0.3 is 5.73 Å². The van der Waals surface area contributed by atoms with E-state index in [0.717, 1.165) is 5.56 Å².